The van der Waals surface area contributed by atoms with Crippen LogP contribution in [0.2, 0.25) is 0 Å². The van der Waals surface area contributed by atoms with Gasteiger partial charge in [0.1, 0.15) is 0 Å². The highest BCUT2D eigenvalue weighted by Crippen LogP contribution is 2.36. The Kier molecular flexibility index (Phi) is 6.70. The summed E-state index contributed by atoms with van der Waals surface area (Å²) in [4.78, 5) is 0. The van der Waals surface area contributed by atoms with Gasteiger partial charge < -0.3 is 5.32 Å². The Morgan fingerprint density at radius 3 is 2.50 bits per heavy atom. The Morgan fingerprint density at radius 1 is 1.21 bits per heavy atom. The molecule has 0 spiro atoms. The first kappa shape index (κ1) is 12.4. The SMILES string of the molecule is CCCC1CC[SH](CCNCC)CC1. The van der Waals surface area contributed by atoms with E-state index in [0.29, 0.717) is 10.9 Å². The van der Waals surface area contributed by atoms with Gasteiger partial charge in [0, 0.05) is 6.54 Å². The lowest BCUT2D eigenvalue weighted by atomic mass is 9.98. The minimum Gasteiger partial charge on any atom is -0.316 e. The normalized spacial score (nSPS) is 30.4. The van der Waals surface area contributed by atoms with Crippen molar-refractivity contribution in [2.75, 3.05) is 30.3 Å². The second kappa shape index (κ2) is 7.58. The largest absolute Gasteiger partial charge is 0.316 e. The van der Waals surface area contributed by atoms with Crippen molar-refractivity contribution in [2.24, 2.45) is 5.92 Å². The van der Waals surface area contributed by atoms with E-state index in [1.54, 1.807) is 11.5 Å². The molecule has 1 nitrogen and oxygen atoms in total. The first-order valence-electron chi connectivity index (χ1n) is 6.29. The standard InChI is InChI=1S/C12H27NS/c1-3-5-12-6-9-14(10-7-12)11-8-13-4-2/h12-14H,3-11H2,1-2H3. The topological polar surface area (TPSA) is 12.0 Å². The van der Waals surface area contributed by atoms with Crippen molar-refractivity contribution >= 4 is 10.9 Å². The zero-order valence-electron chi connectivity index (χ0n) is 9.89. The van der Waals surface area contributed by atoms with E-state index >= 15 is 0 Å². The molecule has 1 aliphatic rings. The molecule has 0 aliphatic carbocycles. The summed E-state index contributed by atoms with van der Waals surface area (Å²) in [6, 6.07) is 0. The van der Waals surface area contributed by atoms with Gasteiger partial charge in [0.05, 0.1) is 0 Å². The first-order valence-corrected chi connectivity index (χ1v) is 8.19. The fraction of sp³-hybridized carbons (Fsp3) is 1.00. The summed E-state index contributed by atoms with van der Waals surface area (Å²) in [5.41, 5.74) is 0. The van der Waals surface area contributed by atoms with E-state index in [1.165, 1.54) is 38.0 Å². The smallest absolute Gasteiger partial charge is 0.00253 e. The lowest BCUT2D eigenvalue weighted by Gasteiger charge is -2.31. The van der Waals surface area contributed by atoms with Crippen molar-refractivity contribution < 1.29 is 0 Å². The number of rotatable bonds is 6. The van der Waals surface area contributed by atoms with Gasteiger partial charge in [0.25, 0.3) is 0 Å². The van der Waals surface area contributed by atoms with E-state index in [1.807, 2.05) is 0 Å². The van der Waals surface area contributed by atoms with Gasteiger partial charge in [-0.3, -0.25) is 10.9 Å². The molecule has 1 rings (SSSR count). The predicted molar refractivity (Wildman–Crippen MR) is 69.8 cm³/mol. The molecule has 0 bridgehead atoms. The minimum absolute atomic E-state index is 0.417. The van der Waals surface area contributed by atoms with Crippen molar-refractivity contribution in [1.29, 1.82) is 0 Å². The van der Waals surface area contributed by atoms with Crippen LogP contribution in [0.3, 0.4) is 0 Å². The van der Waals surface area contributed by atoms with E-state index in [-0.39, 0.29) is 0 Å². The van der Waals surface area contributed by atoms with Gasteiger partial charge in [-0.15, -0.1) is 0 Å². The lowest BCUT2D eigenvalue weighted by Crippen LogP contribution is -2.22. The average Bonchev–Trinajstić information content (AvgIpc) is 2.21. The maximum Gasteiger partial charge on any atom is 0.00253 e. The molecule has 0 atom stereocenters. The molecule has 0 amide bonds. The molecule has 0 radical (unpaired) electrons. The second-order valence-corrected chi connectivity index (χ2v) is 7.11. The second-order valence-electron chi connectivity index (χ2n) is 4.43. The number of hydrogen-bond donors (Lipinski definition) is 2. The molecule has 1 saturated heterocycles. The van der Waals surface area contributed by atoms with Gasteiger partial charge in [0.2, 0.25) is 0 Å². The molecule has 1 N–H and O–H groups in total. The highest BCUT2D eigenvalue weighted by Gasteiger charge is 2.17. The highest BCUT2D eigenvalue weighted by molar-refractivity contribution is 8.17. The molecule has 0 unspecified atom stereocenters. The number of nitrogens with one attached hydrogen (secondary N) is 1. The quantitative estimate of drug-likeness (QED) is 0.515. The zero-order chi connectivity index (χ0) is 10.2. The number of thiol groups is 1. The molecule has 14 heavy (non-hydrogen) atoms. The van der Waals surface area contributed by atoms with Gasteiger partial charge in [-0.1, -0.05) is 26.7 Å². The van der Waals surface area contributed by atoms with Crippen LogP contribution in [0.4, 0.5) is 0 Å². The monoisotopic (exact) mass is 217 g/mol. The van der Waals surface area contributed by atoms with Crippen LogP contribution >= 0.6 is 10.9 Å². The summed E-state index contributed by atoms with van der Waals surface area (Å²) < 4.78 is 0. The van der Waals surface area contributed by atoms with Crippen molar-refractivity contribution in [1.82, 2.24) is 5.32 Å². The fourth-order valence-electron chi connectivity index (χ4n) is 2.32. The molecule has 0 saturated carbocycles. The molecule has 1 aliphatic heterocycles. The molecule has 2 heteroatoms. The summed E-state index contributed by atoms with van der Waals surface area (Å²) in [5, 5.41) is 3.45. The van der Waals surface area contributed by atoms with Crippen LogP contribution in [-0.2, 0) is 0 Å². The third kappa shape index (κ3) is 4.70. The molecule has 0 aromatic rings. The zero-order valence-corrected chi connectivity index (χ0v) is 10.8. The van der Waals surface area contributed by atoms with E-state index in [2.05, 4.69) is 19.2 Å². The van der Waals surface area contributed by atoms with Crippen molar-refractivity contribution in [2.45, 2.75) is 39.5 Å². The Morgan fingerprint density at radius 2 is 1.93 bits per heavy atom. The van der Waals surface area contributed by atoms with E-state index in [0.717, 1.165) is 12.5 Å². The van der Waals surface area contributed by atoms with Gasteiger partial charge in [-0.25, -0.2) is 0 Å². The van der Waals surface area contributed by atoms with Crippen molar-refractivity contribution in [3.63, 3.8) is 0 Å². The maximum absolute atomic E-state index is 3.45. The van der Waals surface area contributed by atoms with E-state index in [9.17, 15) is 0 Å². The van der Waals surface area contributed by atoms with Crippen LogP contribution in [0.15, 0.2) is 0 Å². The Hall–Kier alpha value is 0.310. The van der Waals surface area contributed by atoms with E-state index < -0.39 is 0 Å². The highest BCUT2D eigenvalue weighted by atomic mass is 32.2. The summed E-state index contributed by atoms with van der Waals surface area (Å²) in [6.45, 7) is 6.93. The Labute approximate surface area is 92.4 Å². The molecule has 0 aromatic carbocycles. The summed E-state index contributed by atoms with van der Waals surface area (Å²) in [6.07, 6.45) is 5.94. The van der Waals surface area contributed by atoms with E-state index in [4.69, 9.17) is 0 Å². The maximum atomic E-state index is 3.45. The third-order valence-electron chi connectivity index (χ3n) is 3.26. The Balaban J connectivity index is 2.03. The van der Waals surface area contributed by atoms with Crippen LogP contribution in [0.5, 0.6) is 0 Å². The van der Waals surface area contributed by atoms with Crippen LogP contribution < -0.4 is 5.32 Å². The molecule has 1 heterocycles. The summed E-state index contributed by atoms with van der Waals surface area (Å²) >= 11 is 0. The molecule has 0 aromatic heterocycles. The van der Waals surface area contributed by atoms with Crippen molar-refractivity contribution in [3.8, 4) is 0 Å². The molecule has 1 fully saturated rings. The van der Waals surface area contributed by atoms with Crippen LogP contribution in [0.1, 0.15) is 39.5 Å². The lowest BCUT2D eigenvalue weighted by molar-refractivity contribution is 0.447. The summed E-state index contributed by atoms with van der Waals surface area (Å²) in [5.74, 6) is 5.68. The minimum atomic E-state index is 0.417. The third-order valence-corrected chi connectivity index (χ3v) is 5.90. The first-order chi connectivity index (χ1) is 6.86. The predicted octanol–water partition coefficient (Wildman–Crippen LogP) is 2.81. The van der Waals surface area contributed by atoms with Crippen molar-refractivity contribution in [3.05, 3.63) is 0 Å². The molecular weight excluding hydrogens is 190 g/mol. The molecule has 86 valence electrons. The van der Waals surface area contributed by atoms with Crippen LogP contribution in [-0.4, -0.2) is 30.3 Å². The van der Waals surface area contributed by atoms with Gasteiger partial charge in [-0.05, 0) is 42.6 Å². The van der Waals surface area contributed by atoms with Gasteiger partial charge in [0.15, 0.2) is 0 Å². The van der Waals surface area contributed by atoms with Crippen LogP contribution in [0.25, 0.3) is 0 Å². The number of hydrogen-bond acceptors (Lipinski definition) is 1. The van der Waals surface area contributed by atoms with Gasteiger partial charge >= 0.3 is 0 Å². The van der Waals surface area contributed by atoms with Gasteiger partial charge in [-0.2, -0.15) is 0 Å². The van der Waals surface area contributed by atoms with Crippen LogP contribution in [0, 0.1) is 5.92 Å². The summed E-state index contributed by atoms with van der Waals surface area (Å²) in [7, 11) is 0.417. The average molecular weight is 217 g/mol. The fourth-order valence-corrected chi connectivity index (χ4v) is 4.93. The Bertz CT molecular complexity index is 130. The molecular formula is C12H27NS.